The first kappa shape index (κ1) is 20.1. The Hall–Kier alpha value is -3.62. The minimum absolute atomic E-state index is 0.0417. The molecule has 3 aromatic rings. The lowest BCUT2D eigenvalue weighted by atomic mass is 10.1. The molecule has 3 aromatic carbocycles. The fourth-order valence-corrected chi connectivity index (χ4v) is 2.61. The van der Waals surface area contributed by atoms with Crippen molar-refractivity contribution in [3.63, 3.8) is 0 Å². The Balaban J connectivity index is 1.65. The lowest BCUT2D eigenvalue weighted by Gasteiger charge is -2.07. The Bertz CT molecular complexity index is 1070. The van der Waals surface area contributed by atoms with Crippen LogP contribution in [-0.4, -0.2) is 5.91 Å². The van der Waals surface area contributed by atoms with Gasteiger partial charge in [-0.3, -0.25) is 4.79 Å². The van der Waals surface area contributed by atoms with Gasteiger partial charge in [0.2, 0.25) is 0 Å². The van der Waals surface area contributed by atoms with Gasteiger partial charge in [-0.25, -0.2) is 4.39 Å². The molecule has 0 fully saturated rings. The Kier molecular flexibility index (Phi) is 6.62. The maximum absolute atomic E-state index is 13.6. The van der Waals surface area contributed by atoms with Gasteiger partial charge >= 0.3 is 0 Å². The van der Waals surface area contributed by atoms with Crippen molar-refractivity contribution in [2.45, 2.75) is 6.61 Å². The predicted octanol–water partition coefficient (Wildman–Crippen LogP) is 5.60. The molecule has 0 radical (unpaired) electrons. The Labute approximate surface area is 172 Å². The lowest BCUT2D eigenvalue weighted by molar-refractivity contribution is -0.112. The van der Waals surface area contributed by atoms with Crippen molar-refractivity contribution in [2.75, 3.05) is 5.32 Å². The molecule has 6 heteroatoms. The van der Waals surface area contributed by atoms with Crippen LogP contribution in [0.5, 0.6) is 5.75 Å². The third-order valence-corrected chi connectivity index (χ3v) is 4.26. The van der Waals surface area contributed by atoms with E-state index in [2.05, 4.69) is 5.32 Å². The van der Waals surface area contributed by atoms with Gasteiger partial charge in [0.05, 0.1) is 0 Å². The topological polar surface area (TPSA) is 62.1 Å². The average molecular weight is 407 g/mol. The largest absolute Gasteiger partial charge is 0.489 e. The zero-order valence-electron chi connectivity index (χ0n) is 15.2. The molecule has 4 nitrogen and oxygen atoms in total. The molecule has 0 aliphatic carbocycles. The number of carbonyl (C=O) groups is 1. The number of hydrogen-bond donors (Lipinski definition) is 1. The van der Waals surface area contributed by atoms with Gasteiger partial charge in [-0.1, -0.05) is 41.9 Å². The van der Waals surface area contributed by atoms with E-state index in [1.54, 1.807) is 66.7 Å². The molecule has 0 saturated carbocycles. The van der Waals surface area contributed by atoms with Crippen LogP contribution in [0.2, 0.25) is 5.02 Å². The highest BCUT2D eigenvalue weighted by atomic mass is 35.5. The zero-order chi connectivity index (χ0) is 20.6. The van der Waals surface area contributed by atoms with Crippen molar-refractivity contribution in [1.82, 2.24) is 0 Å². The molecule has 0 unspecified atom stereocenters. The molecular formula is C23H16ClFN2O2. The number of nitriles is 1. The molecule has 0 bridgehead atoms. The van der Waals surface area contributed by atoms with E-state index in [1.807, 2.05) is 6.07 Å². The number of benzene rings is 3. The highest BCUT2D eigenvalue weighted by Crippen LogP contribution is 2.18. The Morgan fingerprint density at radius 3 is 2.41 bits per heavy atom. The maximum Gasteiger partial charge on any atom is 0.266 e. The molecule has 0 saturated heterocycles. The van der Waals surface area contributed by atoms with Crippen LogP contribution in [0.25, 0.3) is 6.08 Å². The second-order valence-corrected chi connectivity index (χ2v) is 6.52. The molecule has 29 heavy (non-hydrogen) atoms. The molecule has 0 aliphatic heterocycles. The van der Waals surface area contributed by atoms with Crippen molar-refractivity contribution in [3.8, 4) is 11.8 Å². The highest BCUT2D eigenvalue weighted by molar-refractivity contribution is 6.30. The second kappa shape index (κ2) is 9.54. The van der Waals surface area contributed by atoms with Gasteiger partial charge in [0, 0.05) is 16.3 Å². The van der Waals surface area contributed by atoms with Crippen LogP contribution in [0.3, 0.4) is 0 Å². The monoisotopic (exact) mass is 406 g/mol. The zero-order valence-corrected chi connectivity index (χ0v) is 16.0. The summed E-state index contributed by atoms with van der Waals surface area (Å²) < 4.78 is 19.2. The predicted molar refractivity (Wildman–Crippen MR) is 111 cm³/mol. The first-order valence-electron chi connectivity index (χ1n) is 8.70. The van der Waals surface area contributed by atoms with E-state index < -0.39 is 5.91 Å². The number of amides is 1. The SMILES string of the molecule is N#CC(=Cc1ccc(OCc2ccccc2F)cc1)C(=O)Nc1ccc(Cl)cc1. The normalized spacial score (nSPS) is 10.9. The number of nitrogens with one attached hydrogen (secondary N) is 1. The molecule has 1 amide bonds. The number of anilines is 1. The van der Waals surface area contributed by atoms with Crippen LogP contribution in [0, 0.1) is 17.1 Å². The molecular weight excluding hydrogens is 391 g/mol. The Morgan fingerprint density at radius 2 is 1.76 bits per heavy atom. The van der Waals surface area contributed by atoms with E-state index in [0.717, 1.165) is 0 Å². The van der Waals surface area contributed by atoms with E-state index >= 15 is 0 Å². The number of halogens is 2. The fourth-order valence-electron chi connectivity index (χ4n) is 2.48. The van der Waals surface area contributed by atoms with Crippen molar-refractivity contribution in [1.29, 1.82) is 5.26 Å². The summed E-state index contributed by atoms with van der Waals surface area (Å²) in [4.78, 5) is 12.3. The third kappa shape index (κ3) is 5.68. The standard InChI is InChI=1S/C23H16ClFN2O2/c24-19-7-9-20(10-8-19)27-23(28)18(14-26)13-16-5-11-21(12-6-16)29-15-17-3-1-2-4-22(17)25/h1-13H,15H2,(H,27,28). The minimum Gasteiger partial charge on any atom is -0.489 e. The first-order chi connectivity index (χ1) is 14.0. The van der Waals surface area contributed by atoms with Crippen LogP contribution in [-0.2, 0) is 11.4 Å². The molecule has 0 spiro atoms. The van der Waals surface area contributed by atoms with E-state index in [1.165, 1.54) is 12.1 Å². The minimum atomic E-state index is -0.519. The number of carbonyl (C=O) groups excluding carboxylic acids is 1. The molecule has 144 valence electrons. The summed E-state index contributed by atoms with van der Waals surface area (Å²) in [5.74, 6) is -0.290. The fraction of sp³-hybridized carbons (Fsp3) is 0.0435. The molecule has 0 aromatic heterocycles. The summed E-state index contributed by atoms with van der Waals surface area (Å²) in [5.41, 5.74) is 1.62. The Morgan fingerprint density at radius 1 is 1.07 bits per heavy atom. The summed E-state index contributed by atoms with van der Waals surface area (Å²) in [5, 5.41) is 12.5. The van der Waals surface area contributed by atoms with E-state index in [0.29, 0.717) is 27.6 Å². The smallest absolute Gasteiger partial charge is 0.266 e. The van der Waals surface area contributed by atoms with Gasteiger partial charge in [-0.05, 0) is 54.1 Å². The van der Waals surface area contributed by atoms with E-state index in [-0.39, 0.29) is 18.0 Å². The summed E-state index contributed by atoms with van der Waals surface area (Å²) >= 11 is 5.82. The summed E-state index contributed by atoms with van der Waals surface area (Å²) in [7, 11) is 0. The van der Waals surface area contributed by atoms with Crippen LogP contribution in [0.4, 0.5) is 10.1 Å². The van der Waals surface area contributed by atoms with Gasteiger partial charge in [-0.2, -0.15) is 5.26 Å². The van der Waals surface area contributed by atoms with E-state index in [9.17, 15) is 14.4 Å². The number of hydrogen-bond acceptors (Lipinski definition) is 3. The lowest BCUT2D eigenvalue weighted by Crippen LogP contribution is -2.13. The van der Waals surface area contributed by atoms with Gasteiger partial charge < -0.3 is 10.1 Å². The van der Waals surface area contributed by atoms with Crippen molar-refractivity contribution >= 4 is 29.3 Å². The van der Waals surface area contributed by atoms with Crippen molar-refractivity contribution in [2.24, 2.45) is 0 Å². The maximum atomic E-state index is 13.6. The van der Waals surface area contributed by atoms with Gasteiger partial charge in [0.15, 0.2) is 0 Å². The van der Waals surface area contributed by atoms with Crippen molar-refractivity contribution < 1.29 is 13.9 Å². The number of rotatable bonds is 6. The molecule has 0 atom stereocenters. The van der Waals surface area contributed by atoms with Gasteiger partial charge in [0.1, 0.15) is 29.8 Å². The molecule has 0 heterocycles. The first-order valence-corrected chi connectivity index (χ1v) is 9.08. The highest BCUT2D eigenvalue weighted by Gasteiger charge is 2.10. The number of nitrogens with zero attached hydrogens (tertiary/aromatic N) is 1. The summed E-state index contributed by atoms with van der Waals surface area (Å²) in [6, 6.07) is 21.7. The van der Waals surface area contributed by atoms with Gasteiger partial charge in [0.25, 0.3) is 5.91 Å². The number of ether oxygens (including phenoxy) is 1. The van der Waals surface area contributed by atoms with Crippen LogP contribution in [0.1, 0.15) is 11.1 Å². The van der Waals surface area contributed by atoms with E-state index in [4.69, 9.17) is 16.3 Å². The van der Waals surface area contributed by atoms with Gasteiger partial charge in [-0.15, -0.1) is 0 Å². The molecule has 1 N–H and O–H groups in total. The van der Waals surface area contributed by atoms with Crippen LogP contribution in [0.15, 0.2) is 78.4 Å². The quantitative estimate of drug-likeness (QED) is 0.428. The molecule has 0 aliphatic rings. The average Bonchev–Trinajstić information content (AvgIpc) is 2.74. The van der Waals surface area contributed by atoms with Crippen LogP contribution < -0.4 is 10.1 Å². The summed E-state index contributed by atoms with van der Waals surface area (Å²) in [6.07, 6.45) is 1.48. The molecule has 3 rings (SSSR count). The second-order valence-electron chi connectivity index (χ2n) is 6.08. The summed E-state index contributed by atoms with van der Waals surface area (Å²) in [6.45, 7) is 0.106. The van der Waals surface area contributed by atoms with Crippen molar-refractivity contribution in [3.05, 3.63) is 100 Å². The third-order valence-electron chi connectivity index (χ3n) is 4.01. The van der Waals surface area contributed by atoms with Crippen LogP contribution >= 0.6 is 11.6 Å².